The van der Waals surface area contributed by atoms with Crippen LogP contribution in [0, 0.1) is 0 Å². The van der Waals surface area contributed by atoms with Crippen LogP contribution in [0.2, 0.25) is 0 Å². The van der Waals surface area contributed by atoms with E-state index in [1.165, 1.54) is 0 Å². The molecule has 1 aromatic carbocycles. The Labute approximate surface area is 155 Å². The summed E-state index contributed by atoms with van der Waals surface area (Å²) in [7, 11) is 3.48. The highest BCUT2D eigenvalue weighted by molar-refractivity contribution is 5.76. The van der Waals surface area contributed by atoms with Crippen molar-refractivity contribution < 1.29 is 14.3 Å². The molecule has 144 valence electrons. The summed E-state index contributed by atoms with van der Waals surface area (Å²) in [6, 6.07) is 10.0. The van der Waals surface area contributed by atoms with Gasteiger partial charge >= 0.3 is 12.1 Å². The van der Waals surface area contributed by atoms with Crippen LogP contribution >= 0.6 is 0 Å². The van der Waals surface area contributed by atoms with Crippen molar-refractivity contribution in [3.05, 3.63) is 35.9 Å². The molecule has 0 bridgehead atoms. The molecule has 7 heteroatoms. The molecule has 1 atom stereocenters. The molecule has 1 aliphatic heterocycles. The lowest BCUT2D eigenvalue weighted by atomic mass is 10.1. The third-order valence-corrected chi connectivity index (χ3v) is 4.45. The summed E-state index contributed by atoms with van der Waals surface area (Å²) in [6.45, 7) is 5.48. The van der Waals surface area contributed by atoms with Crippen LogP contribution in [0.15, 0.2) is 30.3 Å². The molecular formula is C19H30N4O3. The molecule has 4 amide bonds. The van der Waals surface area contributed by atoms with Gasteiger partial charge in [0.15, 0.2) is 0 Å². The monoisotopic (exact) mass is 362 g/mol. The number of carbonyl (C=O) groups is 2. The van der Waals surface area contributed by atoms with Crippen molar-refractivity contribution >= 4 is 12.1 Å². The predicted molar refractivity (Wildman–Crippen MR) is 101 cm³/mol. The predicted octanol–water partition coefficient (Wildman–Crippen LogP) is 2.16. The molecule has 1 aliphatic rings. The number of piperazine rings is 1. The first-order chi connectivity index (χ1) is 12.5. The summed E-state index contributed by atoms with van der Waals surface area (Å²) >= 11 is 0. The fourth-order valence-corrected chi connectivity index (χ4v) is 2.84. The Hall–Kier alpha value is -2.28. The molecule has 1 aromatic rings. The highest BCUT2D eigenvalue weighted by atomic mass is 16.5. The smallest absolute Gasteiger partial charge is 0.319 e. The minimum atomic E-state index is -0.0712. The lowest BCUT2D eigenvalue weighted by molar-refractivity contribution is 0.0640. The van der Waals surface area contributed by atoms with Crippen LogP contribution in [-0.2, 0) is 4.74 Å². The van der Waals surface area contributed by atoms with Gasteiger partial charge in [0.25, 0.3) is 0 Å². The maximum Gasteiger partial charge on any atom is 0.319 e. The summed E-state index contributed by atoms with van der Waals surface area (Å²) in [5.41, 5.74) is 1.15. The Balaban J connectivity index is 1.59. The average molecular weight is 362 g/mol. The molecule has 0 spiro atoms. The number of nitrogens with zero attached hydrogens (tertiary/aromatic N) is 3. The van der Waals surface area contributed by atoms with E-state index in [1.54, 1.807) is 28.8 Å². The molecule has 1 fully saturated rings. The van der Waals surface area contributed by atoms with Gasteiger partial charge in [-0.25, -0.2) is 9.59 Å². The number of urea groups is 2. The van der Waals surface area contributed by atoms with E-state index >= 15 is 0 Å². The highest BCUT2D eigenvalue weighted by Gasteiger charge is 2.24. The molecule has 1 unspecified atom stereocenters. The standard InChI is InChI=1S/C19H30N4O3/c1-16(17-8-5-4-6-9-17)26-15-7-10-20-18(24)22-11-13-23(14-12-22)19(25)21(2)3/h4-6,8-9,16H,7,10-15H2,1-3H3,(H,20,24). The molecule has 1 N–H and O–H groups in total. The summed E-state index contributed by atoms with van der Waals surface area (Å²) in [5.74, 6) is 0. The minimum Gasteiger partial charge on any atom is -0.374 e. The number of ether oxygens (including phenoxy) is 1. The molecular weight excluding hydrogens is 332 g/mol. The maximum atomic E-state index is 12.2. The molecule has 7 nitrogen and oxygen atoms in total. The van der Waals surface area contributed by atoms with E-state index in [-0.39, 0.29) is 18.2 Å². The van der Waals surface area contributed by atoms with Crippen molar-refractivity contribution in [1.82, 2.24) is 20.0 Å². The largest absolute Gasteiger partial charge is 0.374 e. The van der Waals surface area contributed by atoms with Gasteiger partial charge in [-0.1, -0.05) is 30.3 Å². The fraction of sp³-hybridized carbons (Fsp3) is 0.579. The summed E-state index contributed by atoms with van der Waals surface area (Å²) < 4.78 is 5.80. The van der Waals surface area contributed by atoms with E-state index in [0.29, 0.717) is 39.3 Å². The summed E-state index contributed by atoms with van der Waals surface area (Å²) in [6.07, 6.45) is 0.816. The molecule has 1 heterocycles. The van der Waals surface area contributed by atoms with Gasteiger partial charge in [0, 0.05) is 53.4 Å². The number of carbonyl (C=O) groups excluding carboxylic acids is 2. The fourth-order valence-electron chi connectivity index (χ4n) is 2.84. The van der Waals surface area contributed by atoms with E-state index in [1.807, 2.05) is 37.3 Å². The summed E-state index contributed by atoms with van der Waals surface area (Å²) in [5, 5.41) is 2.93. The number of hydrogen-bond donors (Lipinski definition) is 1. The van der Waals surface area contributed by atoms with Crippen molar-refractivity contribution in [3.63, 3.8) is 0 Å². The Morgan fingerprint density at radius 1 is 1.12 bits per heavy atom. The van der Waals surface area contributed by atoms with Crippen LogP contribution in [0.25, 0.3) is 0 Å². The zero-order chi connectivity index (χ0) is 18.9. The van der Waals surface area contributed by atoms with Crippen LogP contribution in [0.1, 0.15) is 25.0 Å². The first kappa shape index (κ1) is 20.0. The Morgan fingerprint density at radius 2 is 1.73 bits per heavy atom. The van der Waals surface area contributed by atoms with Gasteiger partial charge in [0.1, 0.15) is 0 Å². The number of benzene rings is 1. The number of hydrogen-bond acceptors (Lipinski definition) is 3. The van der Waals surface area contributed by atoms with E-state index in [4.69, 9.17) is 4.74 Å². The zero-order valence-corrected chi connectivity index (χ0v) is 16.0. The van der Waals surface area contributed by atoms with Gasteiger partial charge < -0.3 is 24.8 Å². The minimum absolute atomic E-state index is 0.00487. The average Bonchev–Trinajstić information content (AvgIpc) is 2.67. The molecule has 0 aliphatic carbocycles. The normalized spacial score (nSPS) is 15.5. The van der Waals surface area contributed by atoms with Crippen LogP contribution < -0.4 is 5.32 Å². The SMILES string of the molecule is CC(OCCCNC(=O)N1CCN(C(=O)N(C)C)CC1)c1ccccc1. The quantitative estimate of drug-likeness (QED) is 0.789. The van der Waals surface area contributed by atoms with Crippen LogP contribution in [0.4, 0.5) is 9.59 Å². The lowest BCUT2D eigenvalue weighted by Crippen LogP contribution is -2.54. The van der Waals surface area contributed by atoms with Gasteiger partial charge in [-0.2, -0.15) is 0 Å². The lowest BCUT2D eigenvalue weighted by Gasteiger charge is -2.35. The van der Waals surface area contributed by atoms with Crippen molar-refractivity contribution in [2.24, 2.45) is 0 Å². The van der Waals surface area contributed by atoms with Crippen molar-refractivity contribution in [2.45, 2.75) is 19.4 Å². The van der Waals surface area contributed by atoms with Crippen LogP contribution in [0.3, 0.4) is 0 Å². The molecule has 1 saturated heterocycles. The Morgan fingerprint density at radius 3 is 2.35 bits per heavy atom. The topological polar surface area (TPSA) is 65.1 Å². The zero-order valence-electron chi connectivity index (χ0n) is 16.0. The van der Waals surface area contributed by atoms with Gasteiger partial charge in [0.2, 0.25) is 0 Å². The van der Waals surface area contributed by atoms with Crippen molar-refractivity contribution in [3.8, 4) is 0 Å². The van der Waals surface area contributed by atoms with E-state index in [2.05, 4.69) is 5.32 Å². The van der Waals surface area contributed by atoms with Gasteiger partial charge in [-0.3, -0.25) is 0 Å². The van der Waals surface area contributed by atoms with Crippen molar-refractivity contribution in [1.29, 1.82) is 0 Å². The second kappa shape index (κ2) is 10.0. The van der Waals surface area contributed by atoms with Gasteiger partial charge in [-0.05, 0) is 18.9 Å². The van der Waals surface area contributed by atoms with E-state index < -0.39 is 0 Å². The first-order valence-electron chi connectivity index (χ1n) is 9.14. The van der Waals surface area contributed by atoms with Crippen LogP contribution in [-0.4, -0.2) is 80.2 Å². The van der Waals surface area contributed by atoms with E-state index in [0.717, 1.165) is 12.0 Å². The van der Waals surface area contributed by atoms with Crippen molar-refractivity contribution in [2.75, 3.05) is 53.4 Å². The molecule has 0 aromatic heterocycles. The Kier molecular flexibility index (Phi) is 7.72. The number of amides is 4. The summed E-state index contributed by atoms with van der Waals surface area (Å²) in [4.78, 5) is 29.2. The second-order valence-electron chi connectivity index (χ2n) is 6.66. The van der Waals surface area contributed by atoms with Gasteiger partial charge in [-0.15, -0.1) is 0 Å². The third-order valence-electron chi connectivity index (χ3n) is 4.45. The maximum absolute atomic E-state index is 12.2. The van der Waals surface area contributed by atoms with E-state index in [9.17, 15) is 9.59 Å². The molecule has 2 rings (SSSR count). The Bertz CT molecular complexity index is 571. The molecule has 0 saturated carbocycles. The third kappa shape index (κ3) is 5.91. The molecule has 0 radical (unpaired) electrons. The molecule has 26 heavy (non-hydrogen) atoms. The number of nitrogens with one attached hydrogen (secondary N) is 1. The highest BCUT2D eigenvalue weighted by Crippen LogP contribution is 2.15. The number of rotatable bonds is 6. The van der Waals surface area contributed by atoms with Crippen LogP contribution in [0.5, 0.6) is 0 Å². The second-order valence-corrected chi connectivity index (χ2v) is 6.66. The first-order valence-corrected chi connectivity index (χ1v) is 9.14. The van der Waals surface area contributed by atoms with Gasteiger partial charge in [0.05, 0.1) is 6.10 Å².